The van der Waals surface area contributed by atoms with Gasteiger partial charge in [0.05, 0.1) is 0 Å². The molecule has 5 nitrogen and oxygen atoms in total. The van der Waals surface area contributed by atoms with E-state index in [1.165, 1.54) is 5.56 Å². The molecule has 0 saturated heterocycles. The van der Waals surface area contributed by atoms with E-state index in [0.29, 0.717) is 12.1 Å². The molecule has 4 N–H and O–H groups in total. The fraction of sp³-hybridized carbons (Fsp3) is 0.588. The summed E-state index contributed by atoms with van der Waals surface area (Å²) in [4.78, 5) is 11.7. The number of amides is 2. The van der Waals surface area contributed by atoms with Crippen molar-refractivity contribution < 1.29 is 9.90 Å². The maximum atomic E-state index is 11.7. The minimum absolute atomic E-state index is 0.129. The Morgan fingerprint density at radius 1 is 1.32 bits per heavy atom. The van der Waals surface area contributed by atoms with Crippen LogP contribution in [0.5, 0.6) is 0 Å². The Morgan fingerprint density at radius 2 is 2.00 bits per heavy atom. The fourth-order valence-corrected chi connectivity index (χ4v) is 2.45. The molecular weight excluding hydrogens is 278 g/mol. The van der Waals surface area contributed by atoms with Gasteiger partial charge < -0.3 is 21.1 Å². The van der Waals surface area contributed by atoms with Gasteiger partial charge in [-0.3, -0.25) is 0 Å². The van der Waals surface area contributed by atoms with Crippen molar-refractivity contribution in [3.8, 4) is 0 Å². The predicted octanol–water partition coefficient (Wildman–Crippen LogP) is 2.78. The van der Waals surface area contributed by atoms with Gasteiger partial charge >= 0.3 is 6.03 Å². The average molecular weight is 305 g/mol. The van der Waals surface area contributed by atoms with Gasteiger partial charge in [-0.15, -0.1) is 0 Å². The Morgan fingerprint density at radius 3 is 2.55 bits per heavy atom. The van der Waals surface area contributed by atoms with E-state index in [4.69, 9.17) is 5.11 Å². The molecule has 0 bridgehead atoms. The van der Waals surface area contributed by atoms with Crippen LogP contribution in [0.4, 0.5) is 10.5 Å². The quantitative estimate of drug-likeness (QED) is 0.597. The van der Waals surface area contributed by atoms with Crippen molar-refractivity contribution in [1.82, 2.24) is 10.6 Å². The molecule has 22 heavy (non-hydrogen) atoms. The number of nitrogens with one attached hydrogen (secondary N) is 3. The highest BCUT2D eigenvalue weighted by molar-refractivity contribution is 5.89. The van der Waals surface area contributed by atoms with Crippen molar-refractivity contribution >= 4 is 11.7 Å². The number of urea groups is 1. The monoisotopic (exact) mass is 305 g/mol. The molecule has 1 saturated carbocycles. The number of carbonyl (C=O) groups is 1. The molecule has 2 rings (SSSR count). The average Bonchev–Trinajstić information content (AvgIpc) is 3.31. The highest BCUT2D eigenvalue weighted by Crippen LogP contribution is 2.20. The number of carbonyl (C=O) groups excluding carboxylic acids is 1. The normalized spacial score (nSPS) is 16.9. The van der Waals surface area contributed by atoms with Gasteiger partial charge in [0, 0.05) is 30.4 Å². The Kier molecular flexibility index (Phi) is 6.21. The Labute approximate surface area is 132 Å². The Bertz CT molecular complexity index is 471. The number of hydrogen-bond donors (Lipinski definition) is 4. The SMILES string of the molecule is CCC(CCO)NC(C)c1ccc(NC(=O)NC2CC2)cc1. The summed E-state index contributed by atoms with van der Waals surface area (Å²) < 4.78 is 0. The van der Waals surface area contributed by atoms with E-state index in [9.17, 15) is 4.79 Å². The predicted molar refractivity (Wildman–Crippen MR) is 89.0 cm³/mol. The van der Waals surface area contributed by atoms with Gasteiger partial charge in [-0.1, -0.05) is 19.1 Å². The first-order valence-corrected chi connectivity index (χ1v) is 8.16. The zero-order valence-electron chi connectivity index (χ0n) is 13.4. The molecule has 1 aromatic rings. The van der Waals surface area contributed by atoms with Crippen LogP contribution in [-0.2, 0) is 0 Å². The van der Waals surface area contributed by atoms with Crippen LogP contribution in [0, 0.1) is 0 Å². The molecule has 1 aliphatic rings. The number of hydrogen-bond acceptors (Lipinski definition) is 3. The van der Waals surface area contributed by atoms with Crippen molar-refractivity contribution in [2.75, 3.05) is 11.9 Å². The Balaban J connectivity index is 1.85. The lowest BCUT2D eigenvalue weighted by Crippen LogP contribution is -2.32. The number of aliphatic hydroxyl groups is 1. The first-order chi connectivity index (χ1) is 10.6. The lowest BCUT2D eigenvalue weighted by Gasteiger charge is -2.22. The fourth-order valence-electron chi connectivity index (χ4n) is 2.45. The van der Waals surface area contributed by atoms with Crippen LogP contribution in [-0.4, -0.2) is 29.8 Å². The van der Waals surface area contributed by atoms with Gasteiger partial charge in [-0.25, -0.2) is 4.79 Å². The molecule has 0 spiro atoms. The second-order valence-corrected chi connectivity index (χ2v) is 6.00. The molecule has 1 fully saturated rings. The van der Waals surface area contributed by atoms with E-state index in [1.54, 1.807) is 0 Å². The maximum absolute atomic E-state index is 11.7. The summed E-state index contributed by atoms with van der Waals surface area (Å²) in [6.45, 7) is 4.44. The molecule has 2 amide bonds. The summed E-state index contributed by atoms with van der Waals surface area (Å²) in [6.07, 6.45) is 3.93. The van der Waals surface area contributed by atoms with E-state index < -0.39 is 0 Å². The molecule has 0 aliphatic heterocycles. The molecule has 1 aromatic carbocycles. The molecule has 1 aliphatic carbocycles. The zero-order chi connectivity index (χ0) is 15.9. The topological polar surface area (TPSA) is 73.4 Å². The first kappa shape index (κ1) is 16.8. The van der Waals surface area contributed by atoms with E-state index in [0.717, 1.165) is 31.4 Å². The molecule has 2 atom stereocenters. The van der Waals surface area contributed by atoms with E-state index >= 15 is 0 Å². The summed E-state index contributed by atoms with van der Waals surface area (Å²) in [5, 5.41) is 18.3. The Hall–Kier alpha value is -1.59. The van der Waals surface area contributed by atoms with E-state index in [-0.39, 0.29) is 18.7 Å². The van der Waals surface area contributed by atoms with Crippen LogP contribution in [0.1, 0.15) is 51.1 Å². The smallest absolute Gasteiger partial charge is 0.319 e. The van der Waals surface area contributed by atoms with Crippen molar-refractivity contribution in [1.29, 1.82) is 0 Å². The molecule has 5 heteroatoms. The standard InChI is InChI=1S/C17H27N3O2/c1-3-14(10-11-21)18-12(2)13-4-6-15(7-5-13)19-17(22)20-16-8-9-16/h4-7,12,14,16,18,21H,3,8-11H2,1-2H3,(H2,19,20,22). The largest absolute Gasteiger partial charge is 0.396 e. The summed E-state index contributed by atoms with van der Waals surface area (Å²) >= 11 is 0. The summed E-state index contributed by atoms with van der Waals surface area (Å²) in [7, 11) is 0. The van der Waals surface area contributed by atoms with E-state index in [2.05, 4.69) is 29.8 Å². The second kappa shape index (κ2) is 8.15. The van der Waals surface area contributed by atoms with Crippen LogP contribution in [0.2, 0.25) is 0 Å². The first-order valence-electron chi connectivity index (χ1n) is 8.16. The van der Waals surface area contributed by atoms with Crippen molar-refractivity contribution in [2.45, 2.75) is 57.7 Å². The summed E-state index contributed by atoms with van der Waals surface area (Å²) in [5.74, 6) is 0. The minimum atomic E-state index is -0.129. The van der Waals surface area contributed by atoms with Gasteiger partial charge in [0.15, 0.2) is 0 Å². The lowest BCUT2D eigenvalue weighted by atomic mass is 10.0. The number of anilines is 1. The number of aliphatic hydroxyl groups excluding tert-OH is 1. The third kappa shape index (κ3) is 5.31. The molecule has 0 heterocycles. The third-order valence-electron chi connectivity index (χ3n) is 4.04. The van der Waals surface area contributed by atoms with E-state index in [1.807, 2.05) is 24.3 Å². The van der Waals surface area contributed by atoms with Crippen LogP contribution in [0.3, 0.4) is 0 Å². The van der Waals surface area contributed by atoms with Gasteiger partial charge in [0.2, 0.25) is 0 Å². The third-order valence-corrected chi connectivity index (χ3v) is 4.04. The minimum Gasteiger partial charge on any atom is -0.396 e. The highest BCUT2D eigenvalue weighted by atomic mass is 16.3. The van der Waals surface area contributed by atoms with Crippen LogP contribution in [0.25, 0.3) is 0 Å². The van der Waals surface area contributed by atoms with Crippen molar-refractivity contribution in [2.24, 2.45) is 0 Å². The van der Waals surface area contributed by atoms with Gasteiger partial charge in [-0.2, -0.15) is 0 Å². The molecule has 122 valence electrons. The molecule has 0 aromatic heterocycles. The summed E-state index contributed by atoms with van der Waals surface area (Å²) in [5.41, 5.74) is 1.97. The van der Waals surface area contributed by atoms with Crippen molar-refractivity contribution in [3.05, 3.63) is 29.8 Å². The maximum Gasteiger partial charge on any atom is 0.319 e. The van der Waals surface area contributed by atoms with Crippen LogP contribution >= 0.6 is 0 Å². The number of rotatable bonds is 8. The molecule has 2 unspecified atom stereocenters. The zero-order valence-corrected chi connectivity index (χ0v) is 13.4. The van der Waals surface area contributed by atoms with Crippen LogP contribution < -0.4 is 16.0 Å². The molecule has 0 radical (unpaired) electrons. The highest BCUT2D eigenvalue weighted by Gasteiger charge is 2.23. The van der Waals surface area contributed by atoms with Gasteiger partial charge in [-0.05, 0) is 50.3 Å². The van der Waals surface area contributed by atoms with Crippen molar-refractivity contribution in [3.63, 3.8) is 0 Å². The lowest BCUT2D eigenvalue weighted by molar-refractivity contribution is 0.251. The summed E-state index contributed by atoms with van der Waals surface area (Å²) in [6, 6.07) is 8.66. The second-order valence-electron chi connectivity index (χ2n) is 6.00. The molecular formula is C17H27N3O2. The van der Waals surface area contributed by atoms with Gasteiger partial charge in [0.1, 0.15) is 0 Å². The number of benzene rings is 1. The van der Waals surface area contributed by atoms with Gasteiger partial charge in [0.25, 0.3) is 0 Å². The van der Waals surface area contributed by atoms with Crippen LogP contribution in [0.15, 0.2) is 24.3 Å².